The van der Waals surface area contributed by atoms with Crippen LogP contribution < -0.4 is 10.5 Å². The van der Waals surface area contributed by atoms with Gasteiger partial charge in [0.05, 0.1) is 6.61 Å². The number of fused-ring (bicyclic) bond motifs is 1. The summed E-state index contributed by atoms with van der Waals surface area (Å²) in [4.78, 5) is 0. The Hall–Kier alpha value is -0.730. The Kier molecular flexibility index (Phi) is 3.95. The lowest BCUT2D eigenvalue weighted by Gasteiger charge is -2.16. The number of halogens is 1. The minimum Gasteiger partial charge on any atom is -0.493 e. The molecule has 0 saturated heterocycles. The second-order valence-corrected chi connectivity index (χ2v) is 5.61. The molecular weight excluding hydrogens is 234 g/mol. The molecule has 1 aliphatic rings. The standard InChI is InChI=1S/C14H20ClNO/c1-9(5-10(2)16)6-12-8-13(15)7-11-3-4-17-14(11)12/h7-10H,3-6,16H2,1-2H3. The van der Waals surface area contributed by atoms with Gasteiger partial charge in [-0.15, -0.1) is 0 Å². The van der Waals surface area contributed by atoms with Crippen LogP contribution in [0.3, 0.4) is 0 Å². The van der Waals surface area contributed by atoms with Crippen LogP contribution in [0.2, 0.25) is 5.02 Å². The lowest BCUT2D eigenvalue weighted by molar-refractivity contribution is 0.350. The lowest BCUT2D eigenvalue weighted by atomic mass is 9.93. The quantitative estimate of drug-likeness (QED) is 0.895. The van der Waals surface area contributed by atoms with Crippen molar-refractivity contribution in [3.63, 3.8) is 0 Å². The van der Waals surface area contributed by atoms with Crippen molar-refractivity contribution in [2.75, 3.05) is 6.61 Å². The van der Waals surface area contributed by atoms with Gasteiger partial charge in [0.25, 0.3) is 0 Å². The van der Waals surface area contributed by atoms with Crippen molar-refractivity contribution in [2.45, 2.75) is 39.2 Å². The van der Waals surface area contributed by atoms with E-state index < -0.39 is 0 Å². The molecule has 1 heterocycles. The van der Waals surface area contributed by atoms with Gasteiger partial charge in [0.2, 0.25) is 0 Å². The SMILES string of the molecule is CC(N)CC(C)Cc1cc(Cl)cc2c1OCC2. The van der Waals surface area contributed by atoms with Crippen LogP contribution >= 0.6 is 11.6 Å². The van der Waals surface area contributed by atoms with Gasteiger partial charge in [0.1, 0.15) is 5.75 Å². The highest BCUT2D eigenvalue weighted by Gasteiger charge is 2.19. The first-order valence-corrected chi connectivity index (χ1v) is 6.63. The van der Waals surface area contributed by atoms with Crippen molar-refractivity contribution in [1.82, 2.24) is 0 Å². The summed E-state index contributed by atoms with van der Waals surface area (Å²) in [5, 5.41) is 0.817. The third kappa shape index (κ3) is 3.14. The first-order valence-electron chi connectivity index (χ1n) is 6.26. The third-order valence-corrected chi connectivity index (χ3v) is 3.39. The highest BCUT2D eigenvalue weighted by atomic mass is 35.5. The molecule has 1 aromatic rings. The molecule has 0 bridgehead atoms. The van der Waals surface area contributed by atoms with Gasteiger partial charge in [0, 0.05) is 17.5 Å². The van der Waals surface area contributed by atoms with Gasteiger partial charge in [-0.2, -0.15) is 0 Å². The zero-order valence-electron chi connectivity index (χ0n) is 10.5. The van der Waals surface area contributed by atoms with Crippen LogP contribution in [0.1, 0.15) is 31.4 Å². The van der Waals surface area contributed by atoms with E-state index in [2.05, 4.69) is 13.8 Å². The van der Waals surface area contributed by atoms with Crippen LogP contribution in [0, 0.1) is 5.92 Å². The number of hydrogen-bond acceptors (Lipinski definition) is 2. The van der Waals surface area contributed by atoms with E-state index in [9.17, 15) is 0 Å². The summed E-state index contributed by atoms with van der Waals surface area (Å²) in [5.74, 6) is 1.62. The van der Waals surface area contributed by atoms with E-state index >= 15 is 0 Å². The number of nitrogens with two attached hydrogens (primary N) is 1. The summed E-state index contributed by atoms with van der Waals surface area (Å²) in [6.45, 7) is 5.06. The molecule has 0 aromatic heterocycles. The molecule has 3 heteroatoms. The summed E-state index contributed by atoms with van der Waals surface area (Å²) in [6, 6.07) is 4.30. The molecule has 0 spiro atoms. The smallest absolute Gasteiger partial charge is 0.125 e. The normalized spacial score (nSPS) is 17.4. The average molecular weight is 254 g/mol. The monoisotopic (exact) mass is 253 g/mol. The highest BCUT2D eigenvalue weighted by molar-refractivity contribution is 6.30. The molecule has 2 rings (SSSR count). The molecule has 1 aliphatic heterocycles. The summed E-state index contributed by atoms with van der Waals surface area (Å²) in [6.07, 6.45) is 3.00. The molecule has 0 radical (unpaired) electrons. The zero-order valence-corrected chi connectivity index (χ0v) is 11.3. The Morgan fingerprint density at radius 2 is 2.18 bits per heavy atom. The summed E-state index contributed by atoms with van der Waals surface area (Å²) >= 11 is 6.14. The van der Waals surface area contributed by atoms with Gasteiger partial charge < -0.3 is 10.5 Å². The molecule has 0 amide bonds. The van der Waals surface area contributed by atoms with Gasteiger partial charge in [0.15, 0.2) is 0 Å². The molecule has 94 valence electrons. The molecule has 1 aromatic carbocycles. The van der Waals surface area contributed by atoms with Crippen LogP contribution in [0.4, 0.5) is 0 Å². The molecule has 2 nitrogen and oxygen atoms in total. The molecule has 0 fully saturated rings. The number of ether oxygens (including phenoxy) is 1. The van der Waals surface area contributed by atoms with Crippen molar-refractivity contribution in [3.05, 3.63) is 28.3 Å². The van der Waals surface area contributed by atoms with E-state index in [1.165, 1.54) is 11.1 Å². The first kappa shape index (κ1) is 12.7. The predicted octanol–water partition coefficient (Wildman–Crippen LogP) is 3.19. The van der Waals surface area contributed by atoms with E-state index in [0.717, 1.165) is 36.6 Å². The van der Waals surface area contributed by atoms with Crippen molar-refractivity contribution < 1.29 is 4.74 Å². The first-order chi connectivity index (χ1) is 8.06. The highest BCUT2D eigenvalue weighted by Crippen LogP contribution is 2.34. The Bertz CT molecular complexity index is 403. The fourth-order valence-electron chi connectivity index (χ4n) is 2.59. The van der Waals surface area contributed by atoms with Gasteiger partial charge >= 0.3 is 0 Å². The minimum atomic E-state index is 0.248. The van der Waals surface area contributed by atoms with Crippen molar-refractivity contribution in [3.8, 4) is 5.75 Å². The second kappa shape index (κ2) is 5.28. The van der Waals surface area contributed by atoms with Crippen molar-refractivity contribution in [2.24, 2.45) is 11.7 Å². The minimum absolute atomic E-state index is 0.248. The van der Waals surface area contributed by atoms with Gasteiger partial charge in [-0.3, -0.25) is 0 Å². The fraction of sp³-hybridized carbons (Fsp3) is 0.571. The maximum atomic E-state index is 6.14. The number of benzene rings is 1. The van der Waals surface area contributed by atoms with E-state index in [1.807, 2.05) is 12.1 Å². The van der Waals surface area contributed by atoms with Gasteiger partial charge in [-0.25, -0.2) is 0 Å². The Morgan fingerprint density at radius 3 is 2.88 bits per heavy atom. The summed E-state index contributed by atoms with van der Waals surface area (Å²) in [5.41, 5.74) is 8.32. The maximum absolute atomic E-state index is 6.14. The van der Waals surface area contributed by atoms with Gasteiger partial charge in [-0.1, -0.05) is 18.5 Å². The second-order valence-electron chi connectivity index (χ2n) is 5.17. The predicted molar refractivity (Wildman–Crippen MR) is 71.8 cm³/mol. The number of hydrogen-bond donors (Lipinski definition) is 1. The molecular formula is C14H20ClNO. The van der Waals surface area contributed by atoms with E-state index in [1.54, 1.807) is 0 Å². The van der Waals surface area contributed by atoms with Crippen LogP contribution in [-0.2, 0) is 12.8 Å². The van der Waals surface area contributed by atoms with Crippen LogP contribution in [0.15, 0.2) is 12.1 Å². The Labute approximate surface area is 108 Å². The third-order valence-electron chi connectivity index (χ3n) is 3.17. The van der Waals surface area contributed by atoms with Crippen LogP contribution in [0.5, 0.6) is 5.75 Å². The van der Waals surface area contributed by atoms with Crippen molar-refractivity contribution >= 4 is 11.6 Å². The van der Waals surface area contributed by atoms with E-state index in [0.29, 0.717) is 5.92 Å². The maximum Gasteiger partial charge on any atom is 0.125 e. The largest absolute Gasteiger partial charge is 0.493 e. The molecule has 0 aliphatic carbocycles. The summed E-state index contributed by atoms with van der Waals surface area (Å²) in [7, 11) is 0. The van der Waals surface area contributed by atoms with E-state index in [4.69, 9.17) is 22.1 Å². The molecule has 2 atom stereocenters. The lowest BCUT2D eigenvalue weighted by Crippen LogP contribution is -2.19. The van der Waals surface area contributed by atoms with Gasteiger partial charge in [-0.05, 0) is 48.9 Å². The molecule has 2 N–H and O–H groups in total. The average Bonchev–Trinajstić information content (AvgIpc) is 2.63. The zero-order chi connectivity index (χ0) is 12.4. The molecule has 2 unspecified atom stereocenters. The topological polar surface area (TPSA) is 35.2 Å². The van der Waals surface area contributed by atoms with Crippen molar-refractivity contribution in [1.29, 1.82) is 0 Å². The van der Waals surface area contributed by atoms with Crippen LogP contribution in [0.25, 0.3) is 0 Å². The Balaban J connectivity index is 2.15. The number of rotatable bonds is 4. The van der Waals surface area contributed by atoms with E-state index in [-0.39, 0.29) is 6.04 Å². The fourth-order valence-corrected chi connectivity index (χ4v) is 2.85. The van der Waals surface area contributed by atoms with Crippen LogP contribution in [-0.4, -0.2) is 12.6 Å². The Morgan fingerprint density at radius 1 is 1.41 bits per heavy atom. The molecule has 0 saturated carbocycles. The summed E-state index contributed by atoms with van der Waals surface area (Å²) < 4.78 is 5.70. The molecule has 17 heavy (non-hydrogen) atoms.